The van der Waals surface area contributed by atoms with Crippen molar-refractivity contribution in [1.29, 1.82) is 0 Å². The minimum Gasteiger partial charge on any atom is -0.497 e. The maximum absolute atomic E-state index is 5.33. The van der Waals surface area contributed by atoms with Crippen molar-refractivity contribution < 1.29 is 4.74 Å². The molecule has 2 rings (SSSR count). The van der Waals surface area contributed by atoms with Crippen LogP contribution < -0.4 is 15.4 Å². The number of methoxy groups -OCH3 is 1. The molecule has 0 unspecified atom stereocenters. The lowest BCUT2D eigenvalue weighted by Crippen LogP contribution is -2.19. The van der Waals surface area contributed by atoms with Crippen molar-refractivity contribution in [2.45, 2.75) is 19.8 Å². The van der Waals surface area contributed by atoms with Crippen molar-refractivity contribution in [3.63, 3.8) is 0 Å². The molecule has 0 aliphatic carbocycles. The van der Waals surface area contributed by atoms with Crippen LogP contribution in [0.5, 0.6) is 5.75 Å². The van der Waals surface area contributed by atoms with E-state index in [9.17, 15) is 0 Å². The Bertz CT molecular complexity index is 608. The Morgan fingerprint density at radius 3 is 2.29 bits per heavy atom. The highest BCUT2D eigenvalue weighted by molar-refractivity contribution is 7.80. The maximum Gasteiger partial charge on any atom is 0.175 e. The number of thiocarbonyl (C=S) groups is 1. The van der Waals surface area contributed by atoms with E-state index in [1.165, 1.54) is 5.56 Å². The summed E-state index contributed by atoms with van der Waals surface area (Å²) in [4.78, 5) is 0. The minimum absolute atomic E-state index is 0.495. The summed E-state index contributed by atoms with van der Waals surface area (Å²) in [5.74, 6) is 1.32. The number of hydrogen-bond acceptors (Lipinski definition) is 2. The van der Waals surface area contributed by atoms with E-state index >= 15 is 0 Å². The van der Waals surface area contributed by atoms with E-state index < -0.39 is 0 Å². The van der Waals surface area contributed by atoms with E-state index in [1.807, 2.05) is 36.4 Å². The lowest BCUT2D eigenvalue weighted by atomic mass is 10.0. The minimum atomic E-state index is 0.495. The Kier molecular flexibility index (Phi) is 5.17. The first-order valence-corrected chi connectivity index (χ1v) is 7.31. The van der Waals surface area contributed by atoms with Gasteiger partial charge in [-0.1, -0.05) is 26.0 Å². The summed E-state index contributed by atoms with van der Waals surface area (Å²) >= 11 is 5.33. The van der Waals surface area contributed by atoms with Crippen LogP contribution in [0, 0.1) is 0 Å². The van der Waals surface area contributed by atoms with Crippen LogP contribution in [0.25, 0.3) is 0 Å². The van der Waals surface area contributed by atoms with Gasteiger partial charge in [-0.05, 0) is 60.1 Å². The molecule has 2 aromatic rings. The summed E-state index contributed by atoms with van der Waals surface area (Å²) in [5, 5.41) is 6.93. The molecule has 2 aromatic carbocycles. The molecule has 0 atom stereocenters. The summed E-state index contributed by atoms with van der Waals surface area (Å²) in [5.41, 5.74) is 3.20. The van der Waals surface area contributed by atoms with Gasteiger partial charge < -0.3 is 15.4 Å². The number of benzene rings is 2. The van der Waals surface area contributed by atoms with Crippen molar-refractivity contribution >= 4 is 28.7 Å². The Balaban J connectivity index is 1.99. The topological polar surface area (TPSA) is 33.3 Å². The molecule has 0 aliphatic heterocycles. The molecule has 0 aromatic heterocycles. The van der Waals surface area contributed by atoms with Gasteiger partial charge in [-0.3, -0.25) is 0 Å². The lowest BCUT2D eigenvalue weighted by Gasteiger charge is -2.13. The summed E-state index contributed by atoms with van der Waals surface area (Å²) < 4.78 is 5.13. The predicted octanol–water partition coefficient (Wildman–Crippen LogP) is 4.63. The first-order chi connectivity index (χ1) is 10.1. The molecule has 0 bridgehead atoms. The predicted molar refractivity (Wildman–Crippen MR) is 93.4 cm³/mol. The molecule has 110 valence electrons. The fraction of sp³-hybridized carbons (Fsp3) is 0.235. The fourth-order valence-electron chi connectivity index (χ4n) is 1.94. The maximum atomic E-state index is 5.33. The Morgan fingerprint density at radius 1 is 1.00 bits per heavy atom. The highest BCUT2D eigenvalue weighted by Crippen LogP contribution is 2.19. The summed E-state index contributed by atoms with van der Waals surface area (Å²) in [6.07, 6.45) is 0. The van der Waals surface area contributed by atoms with Gasteiger partial charge in [0.25, 0.3) is 0 Å². The molecule has 0 radical (unpaired) electrons. The van der Waals surface area contributed by atoms with E-state index in [1.54, 1.807) is 7.11 Å². The van der Waals surface area contributed by atoms with Crippen molar-refractivity contribution in [2.24, 2.45) is 0 Å². The Hall–Kier alpha value is -2.07. The van der Waals surface area contributed by atoms with Gasteiger partial charge in [0, 0.05) is 11.4 Å². The van der Waals surface area contributed by atoms with E-state index in [2.05, 4.69) is 36.6 Å². The van der Waals surface area contributed by atoms with E-state index in [-0.39, 0.29) is 0 Å². The van der Waals surface area contributed by atoms with Gasteiger partial charge >= 0.3 is 0 Å². The van der Waals surface area contributed by atoms with Gasteiger partial charge in [-0.25, -0.2) is 0 Å². The molecule has 0 aliphatic rings. The first kappa shape index (κ1) is 15.3. The van der Waals surface area contributed by atoms with Crippen LogP contribution in [-0.2, 0) is 0 Å². The van der Waals surface area contributed by atoms with Gasteiger partial charge in [0.15, 0.2) is 5.11 Å². The van der Waals surface area contributed by atoms with Crippen LogP contribution in [-0.4, -0.2) is 12.2 Å². The van der Waals surface area contributed by atoms with Crippen molar-refractivity contribution in [1.82, 2.24) is 0 Å². The molecular formula is C17H20N2OS. The highest BCUT2D eigenvalue weighted by Gasteiger charge is 2.02. The standard InChI is InChI=1S/C17H20N2OS/c1-12(2)13-5-4-6-15(11-13)19-17(21)18-14-7-9-16(20-3)10-8-14/h4-12H,1-3H3,(H2,18,19,21). The number of rotatable bonds is 4. The highest BCUT2D eigenvalue weighted by atomic mass is 32.1. The molecule has 21 heavy (non-hydrogen) atoms. The molecule has 4 heteroatoms. The number of nitrogens with one attached hydrogen (secondary N) is 2. The van der Waals surface area contributed by atoms with Crippen LogP contribution in [0.4, 0.5) is 11.4 Å². The summed E-state index contributed by atoms with van der Waals surface area (Å²) in [7, 11) is 1.65. The summed E-state index contributed by atoms with van der Waals surface area (Å²) in [6, 6.07) is 15.9. The third-order valence-electron chi connectivity index (χ3n) is 3.16. The van der Waals surface area contributed by atoms with Gasteiger partial charge in [0.1, 0.15) is 5.75 Å². The van der Waals surface area contributed by atoms with E-state index in [4.69, 9.17) is 17.0 Å². The molecule has 0 heterocycles. The number of hydrogen-bond donors (Lipinski definition) is 2. The smallest absolute Gasteiger partial charge is 0.175 e. The van der Waals surface area contributed by atoms with Gasteiger partial charge in [-0.2, -0.15) is 0 Å². The van der Waals surface area contributed by atoms with Crippen LogP contribution in [0.3, 0.4) is 0 Å². The zero-order valence-electron chi connectivity index (χ0n) is 12.5. The third kappa shape index (κ3) is 4.46. The number of ether oxygens (including phenoxy) is 1. The second kappa shape index (κ2) is 7.09. The normalized spacial score (nSPS) is 10.3. The van der Waals surface area contributed by atoms with Crippen molar-refractivity contribution in [3.8, 4) is 5.75 Å². The molecular weight excluding hydrogens is 280 g/mol. The van der Waals surface area contributed by atoms with Crippen molar-refractivity contribution in [2.75, 3.05) is 17.7 Å². The molecule has 0 saturated carbocycles. The first-order valence-electron chi connectivity index (χ1n) is 6.90. The molecule has 0 spiro atoms. The van der Waals surface area contributed by atoms with Gasteiger partial charge in [-0.15, -0.1) is 0 Å². The van der Waals surface area contributed by atoms with Gasteiger partial charge in [0.2, 0.25) is 0 Å². The Morgan fingerprint density at radius 2 is 1.67 bits per heavy atom. The second-order valence-corrected chi connectivity index (χ2v) is 5.50. The quantitative estimate of drug-likeness (QED) is 0.807. The molecule has 0 saturated heterocycles. The van der Waals surface area contributed by atoms with E-state index in [0.717, 1.165) is 17.1 Å². The zero-order chi connectivity index (χ0) is 15.2. The average Bonchev–Trinajstić information content (AvgIpc) is 2.48. The van der Waals surface area contributed by atoms with Crippen LogP contribution in [0.1, 0.15) is 25.3 Å². The second-order valence-electron chi connectivity index (χ2n) is 5.09. The molecule has 0 fully saturated rings. The van der Waals surface area contributed by atoms with E-state index in [0.29, 0.717) is 11.0 Å². The summed E-state index contributed by atoms with van der Waals surface area (Å²) in [6.45, 7) is 4.35. The van der Waals surface area contributed by atoms with Crippen LogP contribution >= 0.6 is 12.2 Å². The molecule has 0 amide bonds. The molecule has 3 nitrogen and oxygen atoms in total. The van der Waals surface area contributed by atoms with Gasteiger partial charge in [0.05, 0.1) is 7.11 Å². The molecule has 2 N–H and O–H groups in total. The number of anilines is 2. The fourth-order valence-corrected chi connectivity index (χ4v) is 2.18. The zero-order valence-corrected chi connectivity index (χ0v) is 13.3. The lowest BCUT2D eigenvalue weighted by molar-refractivity contribution is 0.415. The average molecular weight is 300 g/mol. The monoisotopic (exact) mass is 300 g/mol. The Labute approximate surface area is 131 Å². The third-order valence-corrected chi connectivity index (χ3v) is 3.36. The van der Waals surface area contributed by atoms with Crippen molar-refractivity contribution in [3.05, 3.63) is 54.1 Å². The SMILES string of the molecule is COc1ccc(NC(=S)Nc2cccc(C(C)C)c2)cc1. The van der Waals surface area contributed by atoms with Crippen LogP contribution in [0.15, 0.2) is 48.5 Å². The largest absolute Gasteiger partial charge is 0.497 e. The van der Waals surface area contributed by atoms with Crippen LogP contribution in [0.2, 0.25) is 0 Å².